The van der Waals surface area contributed by atoms with Crippen LogP contribution in [0.5, 0.6) is 0 Å². The third kappa shape index (κ3) is 3.68. The summed E-state index contributed by atoms with van der Waals surface area (Å²) in [6, 6.07) is 50.8. The van der Waals surface area contributed by atoms with Crippen molar-refractivity contribution in [3.63, 3.8) is 0 Å². The van der Waals surface area contributed by atoms with E-state index in [0.29, 0.717) is 0 Å². The number of rotatable bonds is 3. The van der Waals surface area contributed by atoms with Crippen LogP contribution in [0.4, 0.5) is 0 Å². The van der Waals surface area contributed by atoms with Gasteiger partial charge in [-0.1, -0.05) is 103 Å². The molecule has 0 unspecified atom stereocenters. The zero-order chi connectivity index (χ0) is 28.5. The van der Waals surface area contributed by atoms with Crippen LogP contribution in [0, 0.1) is 6.92 Å². The van der Waals surface area contributed by atoms with Crippen molar-refractivity contribution in [2.24, 2.45) is 0 Å². The Kier molecular flexibility index (Phi) is 5.32. The average Bonchev–Trinajstić information content (AvgIpc) is 3.60. The van der Waals surface area contributed by atoms with Crippen molar-refractivity contribution < 1.29 is 0 Å². The van der Waals surface area contributed by atoms with E-state index in [1.165, 1.54) is 64.0 Å². The molecule has 0 saturated carbocycles. The van der Waals surface area contributed by atoms with Gasteiger partial charge in [0.05, 0.1) is 11.0 Å². The lowest BCUT2D eigenvalue weighted by atomic mass is 9.86. The van der Waals surface area contributed by atoms with Gasteiger partial charge in [-0.25, -0.2) is 4.98 Å². The Morgan fingerprint density at radius 2 is 1.02 bits per heavy atom. The molecule has 0 aliphatic rings. The number of para-hydroxylation sites is 2. The van der Waals surface area contributed by atoms with Crippen LogP contribution < -0.4 is 0 Å². The SMILES string of the molecule is Cc1nc2ccccc2n1-c1ccc(-c2c3ccccc3c(-c3ccc4c(c3)sc3ccccc34)c3ccccc23)cc1. The number of benzene rings is 7. The quantitative estimate of drug-likeness (QED) is 0.195. The molecule has 0 amide bonds. The summed E-state index contributed by atoms with van der Waals surface area (Å²) in [6.07, 6.45) is 0. The second-order valence-electron chi connectivity index (χ2n) is 11.2. The summed E-state index contributed by atoms with van der Waals surface area (Å²) in [5.74, 6) is 0.991. The number of aromatic nitrogens is 2. The molecule has 9 rings (SSSR count). The number of fused-ring (bicyclic) bond motifs is 6. The number of thiophene rings is 1. The molecule has 0 aliphatic heterocycles. The van der Waals surface area contributed by atoms with E-state index in [0.717, 1.165) is 22.5 Å². The predicted molar refractivity (Wildman–Crippen MR) is 185 cm³/mol. The molecule has 0 aliphatic carbocycles. The highest BCUT2D eigenvalue weighted by Gasteiger charge is 2.18. The summed E-state index contributed by atoms with van der Waals surface area (Å²) in [5.41, 5.74) is 8.31. The van der Waals surface area contributed by atoms with Crippen molar-refractivity contribution in [1.82, 2.24) is 9.55 Å². The topological polar surface area (TPSA) is 17.8 Å². The summed E-state index contributed by atoms with van der Waals surface area (Å²) in [7, 11) is 0. The highest BCUT2D eigenvalue weighted by molar-refractivity contribution is 7.25. The molecule has 43 heavy (non-hydrogen) atoms. The molecule has 0 fully saturated rings. The van der Waals surface area contributed by atoms with Crippen LogP contribution in [0.2, 0.25) is 0 Å². The maximum Gasteiger partial charge on any atom is 0.111 e. The van der Waals surface area contributed by atoms with Gasteiger partial charge in [0.2, 0.25) is 0 Å². The standard InChI is InChI=1S/C40H26N2S/c1-25-41-35-15-7-8-16-36(35)42(25)28-21-18-26(19-22-28)39-31-11-2-4-13-33(31)40(34-14-5-3-12-32(34)39)27-20-23-30-29-10-6-9-17-37(29)43-38(30)24-27/h2-24H,1H3. The van der Waals surface area contributed by atoms with Crippen molar-refractivity contribution >= 4 is 64.1 Å². The minimum Gasteiger partial charge on any atom is -0.297 e. The fraction of sp³-hybridized carbons (Fsp3) is 0.0250. The van der Waals surface area contributed by atoms with Crippen LogP contribution in [0.25, 0.3) is 80.7 Å². The highest BCUT2D eigenvalue weighted by Crippen LogP contribution is 2.45. The van der Waals surface area contributed by atoms with Gasteiger partial charge >= 0.3 is 0 Å². The predicted octanol–water partition coefficient (Wildman–Crippen LogP) is 11.3. The summed E-state index contributed by atoms with van der Waals surface area (Å²) in [5, 5.41) is 7.75. The van der Waals surface area contributed by atoms with Crippen LogP contribution in [-0.4, -0.2) is 9.55 Å². The highest BCUT2D eigenvalue weighted by atomic mass is 32.1. The lowest BCUT2D eigenvalue weighted by molar-refractivity contribution is 1.00. The van der Waals surface area contributed by atoms with Gasteiger partial charge in [-0.3, -0.25) is 4.57 Å². The van der Waals surface area contributed by atoms with Gasteiger partial charge in [-0.2, -0.15) is 0 Å². The Hall–Kier alpha value is -5.25. The molecule has 2 nitrogen and oxygen atoms in total. The first-order valence-corrected chi connectivity index (χ1v) is 15.5. The van der Waals surface area contributed by atoms with E-state index in [9.17, 15) is 0 Å². The van der Waals surface area contributed by atoms with Crippen LogP contribution >= 0.6 is 11.3 Å². The maximum absolute atomic E-state index is 4.79. The number of aryl methyl sites for hydroxylation is 1. The average molecular weight is 567 g/mol. The molecule has 0 radical (unpaired) electrons. The van der Waals surface area contributed by atoms with Crippen molar-refractivity contribution in [3.8, 4) is 27.9 Å². The Bertz CT molecular complexity index is 2460. The number of hydrogen-bond donors (Lipinski definition) is 0. The summed E-state index contributed by atoms with van der Waals surface area (Å²) in [6.45, 7) is 2.07. The van der Waals surface area contributed by atoms with Gasteiger partial charge in [0.1, 0.15) is 5.82 Å². The van der Waals surface area contributed by atoms with E-state index in [4.69, 9.17) is 4.98 Å². The number of nitrogens with zero attached hydrogens (tertiary/aromatic N) is 2. The minimum absolute atomic E-state index is 0.991. The first kappa shape index (κ1) is 24.4. The van der Waals surface area contributed by atoms with Crippen LogP contribution in [0.15, 0.2) is 140 Å². The second-order valence-corrected chi connectivity index (χ2v) is 12.3. The van der Waals surface area contributed by atoms with E-state index >= 15 is 0 Å². The summed E-state index contributed by atoms with van der Waals surface area (Å²) in [4.78, 5) is 4.79. The van der Waals surface area contributed by atoms with Gasteiger partial charge in [0.15, 0.2) is 0 Å². The molecule has 3 heteroatoms. The van der Waals surface area contributed by atoms with Gasteiger partial charge in [-0.15, -0.1) is 11.3 Å². The van der Waals surface area contributed by atoms with Crippen LogP contribution in [0.3, 0.4) is 0 Å². The number of imidazole rings is 1. The molecule has 9 aromatic rings. The lowest BCUT2D eigenvalue weighted by Crippen LogP contribution is -1.97. The van der Waals surface area contributed by atoms with Crippen molar-refractivity contribution in [3.05, 3.63) is 145 Å². The van der Waals surface area contributed by atoms with Crippen molar-refractivity contribution in [1.29, 1.82) is 0 Å². The Morgan fingerprint density at radius 1 is 0.488 bits per heavy atom. The third-order valence-corrected chi connectivity index (χ3v) is 9.88. The molecule has 0 bridgehead atoms. The zero-order valence-electron chi connectivity index (χ0n) is 23.6. The van der Waals surface area contributed by atoms with E-state index in [1.54, 1.807) is 0 Å². The Morgan fingerprint density at radius 3 is 1.72 bits per heavy atom. The maximum atomic E-state index is 4.79. The molecule has 2 heterocycles. The molecule has 2 aromatic heterocycles. The molecule has 0 spiro atoms. The lowest BCUT2D eigenvalue weighted by Gasteiger charge is -2.18. The van der Waals surface area contributed by atoms with Gasteiger partial charge in [-0.05, 0) is 87.1 Å². The van der Waals surface area contributed by atoms with Gasteiger partial charge in [0.25, 0.3) is 0 Å². The van der Waals surface area contributed by atoms with E-state index in [2.05, 4.69) is 145 Å². The normalized spacial score (nSPS) is 11.8. The molecule has 202 valence electrons. The molecule has 0 N–H and O–H groups in total. The van der Waals surface area contributed by atoms with Gasteiger partial charge in [0, 0.05) is 25.9 Å². The molecule has 7 aromatic carbocycles. The van der Waals surface area contributed by atoms with E-state index < -0.39 is 0 Å². The third-order valence-electron chi connectivity index (χ3n) is 8.74. The smallest absolute Gasteiger partial charge is 0.111 e. The second kappa shape index (κ2) is 9.38. The fourth-order valence-electron chi connectivity index (χ4n) is 6.88. The zero-order valence-corrected chi connectivity index (χ0v) is 24.4. The molecular weight excluding hydrogens is 541 g/mol. The Labute approximate surface area is 253 Å². The monoisotopic (exact) mass is 566 g/mol. The molecule has 0 atom stereocenters. The fourth-order valence-corrected chi connectivity index (χ4v) is 8.03. The van der Waals surface area contributed by atoms with Crippen LogP contribution in [-0.2, 0) is 0 Å². The first-order chi connectivity index (χ1) is 21.2. The summed E-state index contributed by atoms with van der Waals surface area (Å²) >= 11 is 1.88. The van der Waals surface area contributed by atoms with E-state index in [-0.39, 0.29) is 0 Å². The van der Waals surface area contributed by atoms with Crippen molar-refractivity contribution in [2.75, 3.05) is 0 Å². The van der Waals surface area contributed by atoms with E-state index in [1.807, 2.05) is 17.4 Å². The summed E-state index contributed by atoms with van der Waals surface area (Å²) < 4.78 is 4.90. The largest absolute Gasteiger partial charge is 0.297 e. The molecule has 0 saturated heterocycles. The van der Waals surface area contributed by atoms with Gasteiger partial charge < -0.3 is 0 Å². The number of hydrogen-bond acceptors (Lipinski definition) is 2. The minimum atomic E-state index is 0.991. The van der Waals surface area contributed by atoms with Crippen LogP contribution in [0.1, 0.15) is 5.82 Å². The Balaban J connectivity index is 1.27. The van der Waals surface area contributed by atoms with Crippen molar-refractivity contribution in [2.45, 2.75) is 6.92 Å². The molecular formula is C40H26N2S. The first-order valence-electron chi connectivity index (χ1n) is 14.6.